The summed E-state index contributed by atoms with van der Waals surface area (Å²) in [6.45, 7) is -0.561. The highest BCUT2D eigenvalue weighted by Gasteiger charge is 2.44. The van der Waals surface area contributed by atoms with E-state index in [0.717, 1.165) is 0 Å². The van der Waals surface area contributed by atoms with Gasteiger partial charge in [-0.05, 0) is 17.7 Å². The van der Waals surface area contributed by atoms with E-state index in [2.05, 4.69) is 10.6 Å². The van der Waals surface area contributed by atoms with Crippen molar-refractivity contribution in [3.8, 4) is 0 Å². The lowest BCUT2D eigenvalue weighted by Crippen LogP contribution is -2.54. The predicted octanol–water partition coefficient (Wildman–Crippen LogP) is 2.50. The van der Waals surface area contributed by atoms with E-state index in [1.807, 2.05) is 0 Å². The van der Waals surface area contributed by atoms with E-state index in [-0.39, 0.29) is 6.54 Å². The zero-order valence-electron chi connectivity index (χ0n) is 13.3. The molecule has 0 radical (unpaired) electrons. The average Bonchev–Trinajstić information content (AvgIpc) is 2.60. The van der Waals surface area contributed by atoms with Crippen LogP contribution in [0.4, 0.5) is 13.2 Å². The van der Waals surface area contributed by atoms with E-state index in [0.29, 0.717) is 11.1 Å². The minimum atomic E-state index is -4.65. The van der Waals surface area contributed by atoms with Crippen LogP contribution in [0.3, 0.4) is 0 Å². The van der Waals surface area contributed by atoms with Gasteiger partial charge in [0.2, 0.25) is 0 Å². The van der Waals surface area contributed by atoms with Gasteiger partial charge in [-0.1, -0.05) is 48.5 Å². The minimum Gasteiger partial charge on any atom is -0.389 e. The largest absolute Gasteiger partial charge is 0.406 e. The summed E-state index contributed by atoms with van der Waals surface area (Å²) in [4.78, 5) is 11.9. The van der Waals surface area contributed by atoms with Crippen molar-refractivity contribution in [3.05, 3.63) is 71.8 Å². The minimum absolute atomic E-state index is 0.0469. The Balaban J connectivity index is 1.94. The molecule has 3 N–H and O–H groups in total. The number of benzene rings is 2. The molecule has 2 aromatic rings. The third-order valence-corrected chi connectivity index (χ3v) is 3.61. The lowest BCUT2D eigenvalue weighted by molar-refractivity contribution is -0.177. The van der Waals surface area contributed by atoms with Gasteiger partial charge in [0.1, 0.15) is 6.04 Å². The molecule has 0 fully saturated rings. The molecule has 25 heavy (non-hydrogen) atoms. The molecule has 0 aliphatic carbocycles. The molecule has 134 valence electrons. The lowest BCUT2D eigenvalue weighted by Gasteiger charge is -2.26. The molecule has 0 saturated carbocycles. The summed E-state index contributed by atoms with van der Waals surface area (Å²) in [5.41, 5.74) is 0.979. The van der Waals surface area contributed by atoms with E-state index in [1.54, 1.807) is 48.5 Å². The first-order valence-corrected chi connectivity index (χ1v) is 7.73. The van der Waals surface area contributed by atoms with Crippen LogP contribution >= 0.6 is 0 Å². The van der Waals surface area contributed by atoms with Crippen molar-refractivity contribution in [1.82, 2.24) is 10.6 Å². The summed E-state index contributed by atoms with van der Waals surface area (Å²) in [5.74, 6) is -0.538. The first kappa shape index (κ1) is 19.0. The molecule has 2 atom stereocenters. The van der Waals surface area contributed by atoms with Crippen molar-refractivity contribution >= 4 is 5.91 Å². The van der Waals surface area contributed by atoms with Gasteiger partial charge in [-0.25, -0.2) is 0 Å². The molecule has 7 heteroatoms. The Morgan fingerprint density at radius 3 is 2.12 bits per heavy atom. The van der Waals surface area contributed by atoms with Gasteiger partial charge in [0.15, 0.2) is 0 Å². The summed E-state index contributed by atoms with van der Waals surface area (Å²) in [6.07, 6.45) is -6.46. The standard InChI is InChI=1S/C18H19F3N2O2/c19-18(20,21)16(22-11-13-7-3-1-4-8-13)15(24)12-23-17(25)14-9-5-2-6-10-14/h1-10,15-16,22,24H,11-12H2,(H,23,25)/t15-,16+/m0/s1. The first-order valence-electron chi connectivity index (χ1n) is 7.73. The molecule has 0 aromatic heterocycles. The average molecular weight is 352 g/mol. The van der Waals surface area contributed by atoms with Gasteiger partial charge in [-0.2, -0.15) is 13.2 Å². The van der Waals surface area contributed by atoms with Crippen LogP contribution < -0.4 is 10.6 Å². The highest BCUT2D eigenvalue weighted by molar-refractivity contribution is 5.94. The highest BCUT2D eigenvalue weighted by Crippen LogP contribution is 2.23. The molecule has 0 heterocycles. The van der Waals surface area contributed by atoms with Crippen molar-refractivity contribution in [1.29, 1.82) is 0 Å². The fourth-order valence-corrected chi connectivity index (χ4v) is 2.30. The summed E-state index contributed by atoms with van der Waals surface area (Å²) in [5, 5.41) is 14.6. The second-order valence-corrected chi connectivity index (χ2v) is 5.53. The van der Waals surface area contributed by atoms with Crippen molar-refractivity contribution in [2.75, 3.05) is 6.54 Å². The SMILES string of the molecule is O=C(NC[C@H](O)[C@@H](NCc1ccccc1)C(F)(F)F)c1ccccc1. The molecular formula is C18H19F3N2O2. The molecule has 0 aliphatic rings. The number of aliphatic hydroxyl groups is 1. The van der Waals surface area contributed by atoms with Gasteiger partial charge in [-0.15, -0.1) is 0 Å². The number of alkyl halides is 3. The molecule has 2 rings (SSSR count). The van der Waals surface area contributed by atoms with Gasteiger partial charge in [-0.3, -0.25) is 10.1 Å². The third-order valence-electron chi connectivity index (χ3n) is 3.61. The zero-order valence-corrected chi connectivity index (χ0v) is 13.3. The molecular weight excluding hydrogens is 333 g/mol. The van der Waals surface area contributed by atoms with Crippen LogP contribution in [0.1, 0.15) is 15.9 Å². The molecule has 0 aliphatic heterocycles. The van der Waals surface area contributed by atoms with E-state index >= 15 is 0 Å². The van der Waals surface area contributed by atoms with E-state index in [9.17, 15) is 23.1 Å². The van der Waals surface area contributed by atoms with Gasteiger partial charge < -0.3 is 10.4 Å². The van der Waals surface area contributed by atoms with Gasteiger partial charge >= 0.3 is 6.18 Å². The van der Waals surface area contributed by atoms with Crippen LogP contribution in [0.25, 0.3) is 0 Å². The number of carbonyl (C=O) groups excluding carboxylic acids is 1. The second-order valence-electron chi connectivity index (χ2n) is 5.53. The number of aliphatic hydroxyl groups excluding tert-OH is 1. The molecule has 0 spiro atoms. The zero-order chi connectivity index (χ0) is 18.3. The first-order chi connectivity index (χ1) is 11.9. The Bertz CT molecular complexity index is 663. The van der Waals surface area contributed by atoms with Crippen molar-refractivity contribution in [2.24, 2.45) is 0 Å². The van der Waals surface area contributed by atoms with Crippen LogP contribution in [-0.4, -0.2) is 35.9 Å². The number of amides is 1. The Labute approximate surface area is 143 Å². The number of hydrogen-bond acceptors (Lipinski definition) is 3. The lowest BCUT2D eigenvalue weighted by atomic mass is 10.1. The van der Waals surface area contributed by atoms with Crippen LogP contribution in [0, 0.1) is 0 Å². The molecule has 2 aromatic carbocycles. The molecule has 4 nitrogen and oxygen atoms in total. The van der Waals surface area contributed by atoms with E-state index < -0.39 is 30.8 Å². The second kappa shape index (κ2) is 8.64. The monoisotopic (exact) mass is 352 g/mol. The Morgan fingerprint density at radius 2 is 1.56 bits per heavy atom. The van der Waals surface area contributed by atoms with E-state index in [1.165, 1.54) is 12.1 Å². The number of rotatable bonds is 7. The third kappa shape index (κ3) is 5.88. The molecule has 0 unspecified atom stereocenters. The maximum atomic E-state index is 13.2. The summed E-state index contributed by atoms with van der Waals surface area (Å²) >= 11 is 0. The molecule has 0 saturated heterocycles. The highest BCUT2D eigenvalue weighted by atomic mass is 19.4. The summed E-state index contributed by atoms with van der Waals surface area (Å²) in [6, 6.07) is 14.5. The quantitative estimate of drug-likeness (QED) is 0.718. The number of nitrogens with one attached hydrogen (secondary N) is 2. The maximum Gasteiger partial charge on any atom is 0.406 e. The van der Waals surface area contributed by atoms with Crippen molar-refractivity contribution < 1.29 is 23.1 Å². The summed E-state index contributed by atoms with van der Waals surface area (Å²) < 4.78 is 39.6. The maximum absolute atomic E-state index is 13.2. The van der Waals surface area contributed by atoms with Crippen LogP contribution in [0.2, 0.25) is 0 Å². The molecule has 0 bridgehead atoms. The van der Waals surface area contributed by atoms with Crippen LogP contribution in [0.5, 0.6) is 0 Å². The number of carbonyl (C=O) groups is 1. The fourth-order valence-electron chi connectivity index (χ4n) is 2.30. The normalized spacial score (nSPS) is 13.9. The van der Waals surface area contributed by atoms with Gasteiger partial charge in [0, 0.05) is 18.7 Å². The van der Waals surface area contributed by atoms with Gasteiger partial charge in [0.25, 0.3) is 5.91 Å². The van der Waals surface area contributed by atoms with Crippen LogP contribution in [-0.2, 0) is 6.54 Å². The number of hydrogen-bond donors (Lipinski definition) is 3. The number of halogens is 3. The molecule has 1 amide bonds. The Hall–Kier alpha value is -2.38. The predicted molar refractivity (Wildman–Crippen MR) is 87.9 cm³/mol. The Kier molecular flexibility index (Phi) is 6.55. The smallest absolute Gasteiger partial charge is 0.389 e. The van der Waals surface area contributed by atoms with Crippen molar-refractivity contribution in [3.63, 3.8) is 0 Å². The summed E-state index contributed by atoms with van der Waals surface area (Å²) in [7, 11) is 0. The van der Waals surface area contributed by atoms with E-state index in [4.69, 9.17) is 0 Å². The van der Waals surface area contributed by atoms with Crippen LogP contribution in [0.15, 0.2) is 60.7 Å². The Morgan fingerprint density at radius 1 is 1.00 bits per heavy atom. The fraction of sp³-hybridized carbons (Fsp3) is 0.278. The van der Waals surface area contributed by atoms with Crippen molar-refractivity contribution in [2.45, 2.75) is 24.9 Å². The topological polar surface area (TPSA) is 61.4 Å². The van der Waals surface area contributed by atoms with Gasteiger partial charge in [0.05, 0.1) is 6.10 Å².